The van der Waals surface area contributed by atoms with Crippen LogP contribution in [0.3, 0.4) is 0 Å². The zero-order valence-corrected chi connectivity index (χ0v) is 16.1. The fourth-order valence-corrected chi connectivity index (χ4v) is 3.97. The molecule has 6 nitrogen and oxygen atoms in total. The number of carbonyl (C=O) groups excluding carboxylic acids is 2. The lowest BCUT2D eigenvalue weighted by Gasteiger charge is -2.30. The molecule has 3 rings (SSSR count). The van der Waals surface area contributed by atoms with E-state index < -0.39 is 5.97 Å². The molecule has 0 aliphatic carbocycles. The molecule has 1 atom stereocenters. The van der Waals surface area contributed by atoms with Crippen LogP contribution in [-0.4, -0.2) is 54.2 Å². The maximum Gasteiger partial charge on any atom is 0.338 e. The van der Waals surface area contributed by atoms with Gasteiger partial charge in [-0.15, -0.1) is 23.1 Å². The van der Waals surface area contributed by atoms with Crippen LogP contribution in [0.1, 0.15) is 23.0 Å². The molecule has 1 amide bonds. The van der Waals surface area contributed by atoms with E-state index >= 15 is 0 Å². The summed E-state index contributed by atoms with van der Waals surface area (Å²) in [4.78, 5) is 31.2. The Balaban J connectivity index is 1.46. The van der Waals surface area contributed by atoms with Crippen LogP contribution in [-0.2, 0) is 20.0 Å². The summed E-state index contributed by atoms with van der Waals surface area (Å²) in [6, 6.07) is 7.18. The minimum Gasteiger partial charge on any atom is -0.452 e. The van der Waals surface area contributed by atoms with Crippen molar-refractivity contribution in [3.05, 3.63) is 46.4 Å². The Labute approximate surface area is 160 Å². The number of ether oxygens (including phenoxy) is 2. The van der Waals surface area contributed by atoms with E-state index in [-0.39, 0.29) is 18.6 Å². The maximum atomic E-state index is 12.1. The number of thioether (sulfide) groups is 1. The number of esters is 1. The molecular formula is C18H20N2O4S2. The molecule has 1 saturated heterocycles. The Morgan fingerprint density at radius 2 is 2.19 bits per heavy atom. The fourth-order valence-electron chi connectivity index (χ4n) is 2.50. The molecule has 0 spiro atoms. The van der Waals surface area contributed by atoms with Gasteiger partial charge in [0.05, 0.1) is 29.5 Å². The highest BCUT2D eigenvalue weighted by atomic mass is 32.2. The van der Waals surface area contributed by atoms with Gasteiger partial charge in [-0.05, 0) is 31.2 Å². The summed E-state index contributed by atoms with van der Waals surface area (Å²) in [7, 11) is 0. The van der Waals surface area contributed by atoms with Crippen molar-refractivity contribution in [3.8, 4) is 0 Å². The lowest BCUT2D eigenvalue weighted by Crippen LogP contribution is -2.46. The van der Waals surface area contributed by atoms with Gasteiger partial charge in [0.1, 0.15) is 0 Å². The van der Waals surface area contributed by atoms with Gasteiger partial charge in [-0.25, -0.2) is 9.78 Å². The smallest absolute Gasteiger partial charge is 0.338 e. The highest BCUT2D eigenvalue weighted by Gasteiger charge is 2.22. The minimum absolute atomic E-state index is 0.0118. The van der Waals surface area contributed by atoms with Crippen molar-refractivity contribution in [2.45, 2.75) is 23.7 Å². The molecule has 26 heavy (non-hydrogen) atoms. The number of hydrogen-bond acceptors (Lipinski definition) is 7. The van der Waals surface area contributed by atoms with Crippen molar-refractivity contribution in [1.82, 2.24) is 9.88 Å². The number of morpholine rings is 1. The predicted molar refractivity (Wildman–Crippen MR) is 100 cm³/mol. The quantitative estimate of drug-likeness (QED) is 0.556. The lowest BCUT2D eigenvalue weighted by molar-refractivity contribution is -0.141. The number of aromatic nitrogens is 1. The van der Waals surface area contributed by atoms with Gasteiger partial charge in [0.2, 0.25) is 0 Å². The molecule has 0 N–H and O–H groups in total. The molecule has 0 bridgehead atoms. The van der Waals surface area contributed by atoms with Gasteiger partial charge in [-0.3, -0.25) is 4.79 Å². The van der Waals surface area contributed by atoms with Crippen LogP contribution in [0.25, 0.3) is 0 Å². The summed E-state index contributed by atoms with van der Waals surface area (Å²) in [5, 5.41) is 2.02. The monoisotopic (exact) mass is 392 g/mol. The summed E-state index contributed by atoms with van der Waals surface area (Å²) in [5.41, 5.74) is 3.29. The average molecular weight is 393 g/mol. The van der Waals surface area contributed by atoms with Crippen molar-refractivity contribution >= 4 is 35.0 Å². The van der Waals surface area contributed by atoms with E-state index in [9.17, 15) is 9.59 Å². The van der Waals surface area contributed by atoms with Gasteiger partial charge >= 0.3 is 5.97 Å². The second kappa shape index (κ2) is 9.16. The zero-order chi connectivity index (χ0) is 18.4. The van der Waals surface area contributed by atoms with Gasteiger partial charge in [-0.1, -0.05) is 0 Å². The largest absolute Gasteiger partial charge is 0.452 e. The summed E-state index contributed by atoms with van der Waals surface area (Å²) in [6.45, 7) is 3.25. The van der Waals surface area contributed by atoms with Gasteiger partial charge in [0, 0.05) is 29.1 Å². The standard InChI is InChI=1S/C18H20N2O4S2/c1-13-8-20(6-7-23-13)17(21)9-24-18(22)14-2-4-16(5-3-14)26-11-15-10-25-12-19-15/h2-5,10,12-13H,6-9,11H2,1H3. The Hall–Kier alpha value is -1.90. The van der Waals surface area contributed by atoms with Crippen LogP contribution >= 0.6 is 23.1 Å². The first-order valence-electron chi connectivity index (χ1n) is 8.28. The Kier molecular flexibility index (Phi) is 6.65. The van der Waals surface area contributed by atoms with Crippen molar-refractivity contribution < 1.29 is 19.1 Å². The van der Waals surface area contributed by atoms with Crippen LogP contribution in [0.4, 0.5) is 0 Å². The first-order chi connectivity index (χ1) is 12.6. The van der Waals surface area contributed by atoms with E-state index in [1.165, 1.54) is 0 Å². The Morgan fingerprint density at radius 3 is 2.88 bits per heavy atom. The van der Waals surface area contributed by atoms with Crippen molar-refractivity contribution in [1.29, 1.82) is 0 Å². The first-order valence-corrected chi connectivity index (χ1v) is 10.2. The first kappa shape index (κ1) is 18.9. The number of rotatable bonds is 6. The second-order valence-electron chi connectivity index (χ2n) is 5.89. The highest BCUT2D eigenvalue weighted by Crippen LogP contribution is 2.23. The third-order valence-corrected chi connectivity index (χ3v) is 5.56. The van der Waals surface area contributed by atoms with E-state index in [1.54, 1.807) is 40.1 Å². The molecule has 8 heteroatoms. The number of benzene rings is 1. The van der Waals surface area contributed by atoms with E-state index in [0.29, 0.717) is 25.3 Å². The highest BCUT2D eigenvalue weighted by molar-refractivity contribution is 7.98. The van der Waals surface area contributed by atoms with Gasteiger partial charge in [0.15, 0.2) is 6.61 Å². The lowest BCUT2D eigenvalue weighted by atomic mass is 10.2. The summed E-state index contributed by atoms with van der Waals surface area (Å²) >= 11 is 3.23. The second-order valence-corrected chi connectivity index (χ2v) is 7.66. The van der Waals surface area contributed by atoms with Gasteiger partial charge < -0.3 is 14.4 Å². The summed E-state index contributed by atoms with van der Waals surface area (Å²) in [5.74, 6) is 0.111. The van der Waals surface area contributed by atoms with Crippen molar-refractivity contribution in [2.24, 2.45) is 0 Å². The third-order valence-electron chi connectivity index (χ3n) is 3.88. The average Bonchev–Trinajstić information content (AvgIpc) is 3.18. The van der Waals surface area contributed by atoms with Crippen LogP contribution in [0, 0.1) is 0 Å². The number of amides is 1. The van der Waals surface area contributed by atoms with Crippen LogP contribution in [0.2, 0.25) is 0 Å². The Morgan fingerprint density at radius 1 is 1.38 bits per heavy atom. The molecule has 1 aromatic heterocycles. The molecule has 1 unspecified atom stereocenters. The van der Waals surface area contributed by atoms with Gasteiger partial charge in [-0.2, -0.15) is 0 Å². The summed E-state index contributed by atoms with van der Waals surface area (Å²) < 4.78 is 10.6. The molecule has 1 aliphatic rings. The topological polar surface area (TPSA) is 68.7 Å². The normalized spacial score (nSPS) is 17.1. The molecule has 0 saturated carbocycles. The SMILES string of the molecule is CC1CN(C(=O)COC(=O)c2ccc(SCc3cscn3)cc2)CCO1. The number of hydrogen-bond donors (Lipinski definition) is 0. The molecule has 1 fully saturated rings. The molecule has 2 aromatic rings. The molecule has 2 heterocycles. The predicted octanol–water partition coefficient (Wildman–Crippen LogP) is 2.84. The molecular weight excluding hydrogens is 372 g/mol. The molecule has 138 valence electrons. The molecule has 1 aromatic carbocycles. The van der Waals surface area contributed by atoms with Crippen LogP contribution in [0.5, 0.6) is 0 Å². The van der Waals surface area contributed by atoms with E-state index in [0.717, 1.165) is 16.3 Å². The minimum atomic E-state index is -0.490. The number of carbonyl (C=O) groups is 2. The number of nitrogens with zero attached hydrogens (tertiary/aromatic N) is 2. The number of thiazole rings is 1. The van der Waals surface area contributed by atoms with E-state index in [2.05, 4.69) is 4.98 Å². The summed E-state index contributed by atoms with van der Waals surface area (Å²) in [6.07, 6.45) is 0.0118. The fraction of sp³-hybridized carbons (Fsp3) is 0.389. The molecule has 1 aliphatic heterocycles. The Bertz CT molecular complexity index is 734. The third kappa shape index (κ3) is 5.30. The van der Waals surface area contributed by atoms with Crippen molar-refractivity contribution in [3.63, 3.8) is 0 Å². The van der Waals surface area contributed by atoms with E-state index in [1.807, 2.05) is 29.9 Å². The van der Waals surface area contributed by atoms with Crippen LogP contribution in [0.15, 0.2) is 40.1 Å². The zero-order valence-electron chi connectivity index (χ0n) is 14.4. The van der Waals surface area contributed by atoms with Crippen LogP contribution < -0.4 is 0 Å². The van der Waals surface area contributed by atoms with E-state index in [4.69, 9.17) is 9.47 Å². The molecule has 0 radical (unpaired) electrons. The maximum absolute atomic E-state index is 12.1. The van der Waals surface area contributed by atoms with Gasteiger partial charge in [0.25, 0.3) is 5.91 Å². The van der Waals surface area contributed by atoms with Crippen molar-refractivity contribution in [2.75, 3.05) is 26.3 Å².